The van der Waals surface area contributed by atoms with E-state index in [0.29, 0.717) is 31.5 Å². The van der Waals surface area contributed by atoms with Crippen molar-refractivity contribution in [2.45, 2.75) is 39.7 Å². The Labute approximate surface area is 195 Å². The van der Waals surface area contributed by atoms with Crippen molar-refractivity contribution in [3.63, 3.8) is 0 Å². The van der Waals surface area contributed by atoms with Gasteiger partial charge in [0.15, 0.2) is 0 Å². The number of nitrogens with zero attached hydrogens (tertiary/aromatic N) is 2. The van der Waals surface area contributed by atoms with Crippen molar-refractivity contribution in [2.75, 3.05) is 13.1 Å². The fraction of sp³-hybridized carbons (Fsp3) is 0.321. The van der Waals surface area contributed by atoms with Gasteiger partial charge in [-0.25, -0.2) is 0 Å². The van der Waals surface area contributed by atoms with Crippen molar-refractivity contribution in [2.24, 2.45) is 5.41 Å². The molecule has 1 N–H and O–H groups in total. The van der Waals surface area contributed by atoms with Crippen LogP contribution in [0.2, 0.25) is 0 Å². The second-order valence-corrected chi connectivity index (χ2v) is 9.32. The predicted molar refractivity (Wildman–Crippen MR) is 131 cm³/mol. The molecule has 0 bridgehead atoms. The van der Waals surface area contributed by atoms with E-state index in [-0.39, 0.29) is 17.9 Å². The number of amides is 2. The van der Waals surface area contributed by atoms with Crippen LogP contribution in [0.1, 0.15) is 41.8 Å². The Morgan fingerprint density at radius 2 is 1.82 bits per heavy atom. The Morgan fingerprint density at radius 1 is 1.06 bits per heavy atom. The lowest BCUT2D eigenvalue weighted by atomic mass is 9.78. The van der Waals surface area contributed by atoms with E-state index in [0.717, 1.165) is 16.7 Å². The smallest absolute Gasteiger partial charge is 0.253 e. The van der Waals surface area contributed by atoms with E-state index < -0.39 is 5.41 Å². The summed E-state index contributed by atoms with van der Waals surface area (Å²) in [5, 5.41) is 3.13. The highest BCUT2D eigenvalue weighted by atomic mass is 16.2. The van der Waals surface area contributed by atoms with Gasteiger partial charge in [-0.2, -0.15) is 0 Å². The predicted octanol–water partition coefficient (Wildman–Crippen LogP) is 4.66. The molecule has 2 heterocycles. The molecule has 0 saturated carbocycles. The van der Waals surface area contributed by atoms with Crippen LogP contribution in [-0.4, -0.2) is 40.8 Å². The van der Waals surface area contributed by atoms with Gasteiger partial charge in [-0.15, -0.1) is 0 Å². The Hall–Kier alpha value is -3.47. The number of aryl methyl sites for hydroxylation is 1. The summed E-state index contributed by atoms with van der Waals surface area (Å²) in [6.45, 7) is 6.99. The first-order chi connectivity index (χ1) is 15.9. The summed E-state index contributed by atoms with van der Waals surface area (Å²) in [5.41, 5.74) is 4.53. The van der Waals surface area contributed by atoms with Crippen LogP contribution in [0.3, 0.4) is 0 Å². The average molecular weight is 442 g/mol. The zero-order valence-electron chi connectivity index (χ0n) is 19.5. The summed E-state index contributed by atoms with van der Waals surface area (Å²) in [4.78, 5) is 32.5. The van der Waals surface area contributed by atoms with Gasteiger partial charge in [0.05, 0.1) is 5.41 Å². The molecule has 1 aliphatic rings. The number of carbonyl (C=O) groups is 2. The van der Waals surface area contributed by atoms with Gasteiger partial charge in [0.1, 0.15) is 0 Å². The number of hydrogen-bond donors (Lipinski definition) is 1. The van der Waals surface area contributed by atoms with E-state index in [9.17, 15) is 9.59 Å². The molecule has 33 heavy (non-hydrogen) atoms. The van der Waals surface area contributed by atoms with Gasteiger partial charge in [0.25, 0.3) is 5.91 Å². The lowest BCUT2D eigenvalue weighted by Gasteiger charge is -2.30. The van der Waals surface area contributed by atoms with Crippen molar-refractivity contribution < 1.29 is 9.59 Å². The highest BCUT2D eigenvalue weighted by molar-refractivity contribution is 5.95. The van der Waals surface area contributed by atoms with E-state index in [2.05, 4.69) is 53.6 Å². The molecule has 1 aliphatic heterocycles. The van der Waals surface area contributed by atoms with Crippen LogP contribution in [0, 0.1) is 12.3 Å². The second-order valence-electron chi connectivity index (χ2n) is 9.32. The van der Waals surface area contributed by atoms with Crippen molar-refractivity contribution >= 4 is 11.8 Å². The number of aromatic nitrogens is 1. The molecule has 1 fully saturated rings. The molecule has 2 aromatic carbocycles. The summed E-state index contributed by atoms with van der Waals surface area (Å²) in [6, 6.07) is 20.2. The molecular weight excluding hydrogens is 410 g/mol. The van der Waals surface area contributed by atoms with Gasteiger partial charge >= 0.3 is 0 Å². The monoisotopic (exact) mass is 441 g/mol. The lowest BCUT2D eigenvalue weighted by Crippen LogP contribution is -2.47. The van der Waals surface area contributed by atoms with Crippen LogP contribution in [0.4, 0.5) is 0 Å². The zero-order chi connectivity index (χ0) is 23.4. The molecule has 1 atom stereocenters. The molecule has 0 spiro atoms. The van der Waals surface area contributed by atoms with E-state index >= 15 is 0 Å². The molecule has 5 nitrogen and oxygen atoms in total. The minimum atomic E-state index is -0.674. The minimum Gasteiger partial charge on any atom is -0.353 e. The largest absolute Gasteiger partial charge is 0.353 e. The topological polar surface area (TPSA) is 62.3 Å². The quantitative estimate of drug-likeness (QED) is 0.605. The number of hydrogen-bond acceptors (Lipinski definition) is 3. The van der Waals surface area contributed by atoms with E-state index in [4.69, 9.17) is 0 Å². The normalized spacial score (nSPS) is 17.9. The minimum absolute atomic E-state index is 0.0153. The summed E-state index contributed by atoms with van der Waals surface area (Å²) in [6.07, 6.45) is 4.46. The van der Waals surface area contributed by atoms with Gasteiger partial charge < -0.3 is 10.2 Å². The van der Waals surface area contributed by atoms with E-state index in [1.54, 1.807) is 24.5 Å². The lowest BCUT2D eigenvalue weighted by molar-refractivity contribution is -0.130. The van der Waals surface area contributed by atoms with Crippen LogP contribution in [0.5, 0.6) is 0 Å². The van der Waals surface area contributed by atoms with E-state index in [1.165, 1.54) is 5.56 Å². The first kappa shape index (κ1) is 22.7. The van der Waals surface area contributed by atoms with Crippen molar-refractivity contribution in [3.05, 3.63) is 89.7 Å². The maximum Gasteiger partial charge on any atom is 0.253 e. The van der Waals surface area contributed by atoms with E-state index in [1.807, 2.05) is 30.9 Å². The maximum absolute atomic E-state index is 13.5. The molecule has 0 radical (unpaired) electrons. The molecule has 2 amide bonds. The molecule has 0 unspecified atom stereocenters. The molecule has 4 rings (SSSR count). The Kier molecular flexibility index (Phi) is 6.59. The molecule has 1 aromatic heterocycles. The van der Waals surface area contributed by atoms with Gasteiger partial charge in [-0.1, -0.05) is 54.1 Å². The van der Waals surface area contributed by atoms with Crippen LogP contribution in [0.25, 0.3) is 11.1 Å². The summed E-state index contributed by atoms with van der Waals surface area (Å²) in [5.74, 6) is -0.0369. The highest BCUT2D eigenvalue weighted by Crippen LogP contribution is 2.38. The third-order valence-corrected chi connectivity index (χ3v) is 6.35. The van der Waals surface area contributed by atoms with Crippen molar-refractivity contribution in [1.29, 1.82) is 0 Å². The third kappa shape index (κ3) is 4.98. The standard InChI is InChI=1S/C28H31N3O2/c1-20(2)30-27(33)28(13-16-31(19-28)26(32)22-11-14-29-15-12-22)18-24-8-4-5-10-25(24)23-9-6-7-21(3)17-23/h4-12,14-15,17,20H,13,16,18-19H2,1-3H3,(H,30,33)/t28-/m1/s1. The van der Waals surface area contributed by atoms with Gasteiger partial charge in [0.2, 0.25) is 5.91 Å². The third-order valence-electron chi connectivity index (χ3n) is 6.35. The van der Waals surface area contributed by atoms with Crippen LogP contribution < -0.4 is 5.32 Å². The van der Waals surface area contributed by atoms with Gasteiger partial charge in [-0.3, -0.25) is 14.6 Å². The molecule has 3 aromatic rings. The molecule has 170 valence electrons. The number of nitrogens with one attached hydrogen (secondary N) is 1. The van der Waals surface area contributed by atoms with Crippen molar-refractivity contribution in [1.82, 2.24) is 15.2 Å². The Bertz CT molecular complexity index is 1140. The fourth-order valence-corrected chi connectivity index (χ4v) is 4.68. The Balaban J connectivity index is 1.67. The average Bonchev–Trinajstić information content (AvgIpc) is 3.24. The van der Waals surface area contributed by atoms with Gasteiger partial charge in [0, 0.05) is 37.1 Å². The summed E-state index contributed by atoms with van der Waals surface area (Å²) >= 11 is 0. The molecular formula is C28H31N3O2. The maximum atomic E-state index is 13.5. The first-order valence-corrected chi connectivity index (χ1v) is 11.5. The Morgan fingerprint density at radius 3 is 2.55 bits per heavy atom. The van der Waals surface area contributed by atoms with Gasteiger partial charge in [-0.05, 0) is 62.4 Å². The first-order valence-electron chi connectivity index (χ1n) is 11.5. The van der Waals surface area contributed by atoms with Crippen LogP contribution >= 0.6 is 0 Å². The molecule has 5 heteroatoms. The van der Waals surface area contributed by atoms with Crippen LogP contribution in [-0.2, 0) is 11.2 Å². The SMILES string of the molecule is Cc1cccc(-c2ccccc2C[C@]2(C(=O)NC(C)C)CCN(C(=O)c3ccncc3)C2)c1. The summed E-state index contributed by atoms with van der Waals surface area (Å²) in [7, 11) is 0. The summed E-state index contributed by atoms with van der Waals surface area (Å²) < 4.78 is 0. The number of carbonyl (C=O) groups excluding carboxylic acids is 2. The molecule has 0 aliphatic carbocycles. The number of likely N-dealkylation sites (tertiary alicyclic amines) is 1. The highest BCUT2D eigenvalue weighted by Gasteiger charge is 2.46. The van der Waals surface area contributed by atoms with Crippen molar-refractivity contribution in [3.8, 4) is 11.1 Å². The van der Waals surface area contributed by atoms with Crippen LogP contribution in [0.15, 0.2) is 73.1 Å². The molecule has 1 saturated heterocycles. The fourth-order valence-electron chi connectivity index (χ4n) is 4.68. The zero-order valence-corrected chi connectivity index (χ0v) is 19.5. The number of pyridine rings is 1. The number of rotatable bonds is 6. The number of benzene rings is 2. The second kappa shape index (κ2) is 9.57.